The Morgan fingerprint density at radius 2 is 1.85 bits per heavy atom. The van der Waals surface area contributed by atoms with Gasteiger partial charge in [-0.05, 0) is 61.4 Å². The van der Waals surface area contributed by atoms with Gasteiger partial charge in [0.25, 0.3) is 0 Å². The van der Waals surface area contributed by atoms with Crippen molar-refractivity contribution in [2.24, 2.45) is 11.8 Å². The Labute approximate surface area is 236 Å². The molecule has 40 heavy (non-hydrogen) atoms. The van der Waals surface area contributed by atoms with Crippen LogP contribution in [0.5, 0.6) is 5.75 Å². The third kappa shape index (κ3) is 4.56. The fourth-order valence-corrected chi connectivity index (χ4v) is 6.93. The fraction of sp³-hybridized carbons (Fsp3) is 0.429. The van der Waals surface area contributed by atoms with Gasteiger partial charge in [-0.25, -0.2) is 14.4 Å². The zero-order valence-electron chi connectivity index (χ0n) is 22.2. The van der Waals surface area contributed by atoms with Crippen molar-refractivity contribution in [3.63, 3.8) is 0 Å². The van der Waals surface area contributed by atoms with Gasteiger partial charge in [0.2, 0.25) is 11.9 Å². The van der Waals surface area contributed by atoms with Gasteiger partial charge in [-0.3, -0.25) is 4.90 Å². The molecule has 2 aromatic carbocycles. The van der Waals surface area contributed by atoms with E-state index in [0.717, 1.165) is 44.1 Å². The number of hydrogen-bond acceptors (Lipinski definition) is 9. The van der Waals surface area contributed by atoms with Crippen LogP contribution < -0.4 is 20.7 Å². The predicted molar refractivity (Wildman–Crippen MR) is 153 cm³/mol. The second-order valence-electron chi connectivity index (χ2n) is 11.0. The molecule has 0 unspecified atom stereocenters. The maximum Gasteiger partial charge on any atom is 0.248 e. The summed E-state index contributed by atoms with van der Waals surface area (Å²) in [6, 6.07) is 11.1. The summed E-state index contributed by atoms with van der Waals surface area (Å²) in [7, 11) is 1.58. The maximum atomic E-state index is 15.3. The highest BCUT2D eigenvalue weighted by molar-refractivity contribution is 6.31. The molecule has 3 N–H and O–H groups in total. The second-order valence-corrected chi connectivity index (χ2v) is 11.3. The van der Waals surface area contributed by atoms with Crippen LogP contribution in [0.15, 0.2) is 36.4 Å². The first-order chi connectivity index (χ1) is 19.4. The van der Waals surface area contributed by atoms with E-state index in [4.69, 9.17) is 22.1 Å². The number of fused-ring (bicyclic) bond motifs is 3. The third-order valence-corrected chi connectivity index (χ3v) is 8.93. The quantitative estimate of drug-likeness (QED) is 0.346. The number of piperazine rings is 1. The lowest BCUT2D eigenvalue weighted by atomic mass is 9.93. The minimum atomic E-state index is -0.289. The molecule has 0 radical (unpaired) electrons. The van der Waals surface area contributed by atoms with Crippen LogP contribution in [0.25, 0.3) is 16.9 Å². The Bertz CT molecular complexity index is 1570. The first-order valence-corrected chi connectivity index (χ1v) is 14.1. The largest absolute Gasteiger partial charge is 0.497 e. The molecular formula is C28H31ClFN9O. The van der Waals surface area contributed by atoms with Crippen LogP contribution in [-0.2, 0) is 0 Å². The van der Waals surface area contributed by atoms with Gasteiger partial charge < -0.3 is 20.7 Å². The first kappa shape index (κ1) is 25.3. The van der Waals surface area contributed by atoms with Crippen LogP contribution in [0.2, 0.25) is 5.15 Å². The number of nitrogens with one attached hydrogen (secondary N) is 1. The summed E-state index contributed by atoms with van der Waals surface area (Å²) >= 11 is 6.40. The average molecular weight is 564 g/mol. The fourth-order valence-electron chi connectivity index (χ4n) is 6.72. The monoisotopic (exact) mass is 563 g/mol. The van der Waals surface area contributed by atoms with Crippen LogP contribution in [0.3, 0.4) is 0 Å². The SMILES string of the molecule is COc1ccc2nc(Cl)c(-n3nc(Nc4ccc(N5CCN([C@H]6C[C@@H]7CC[C@H]6C7)CC5)c(F)c4)nc3N)nc2c1. The van der Waals surface area contributed by atoms with Crippen molar-refractivity contribution in [1.82, 2.24) is 29.6 Å². The molecule has 1 aliphatic heterocycles. The highest BCUT2D eigenvalue weighted by Crippen LogP contribution is 2.46. The second kappa shape index (κ2) is 10.0. The van der Waals surface area contributed by atoms with E-state index in [-0.39, 0.29) is 28.7 Å². The third-order valence-electron chi connectivity index (χ3n) is 8.67. The van der Waals surface area contributed by atoms with Crippen LogP contribution >= 0.6 is 11.6 Å². The molecule has 3 atom stereocenters. The van der Waals surface area contributed by atoms with Gasteiger partial charge in [0.15, 0.2) is 11.0 Å². The molecule has 208 valence electrons. The summed E-state index contributed by atoms with van der Waals surface area (Å²) in [6.07, 6.45) is 5.55. The minimum Gasteiger partial charge on any atom is -0.497 e. The summed E-state index contributed by atoms with van der Waals surface area (Å²) in [4.78, 5) is 18.0. The van der Waals surface area contributed by atoms with E-state index in [1.807, 2.05) is 12.1 Å². The van der Waals surface area contributed by atoms with Gasteiger partial charge in [0.05, 0.1) is 23.8 Å². The van der Waals surface area contributed by atoms with Gasteiger partial charge in [-0.2, -0.15) is 9.67 Å². The summed E-state index contributed by atoms with van der Waals surface area (Å²) in [5.74, 6) is 2.63. The Hall–Kier alpha value is -3.70. The Morgan fingerprint density at radius 3 is 2.58 bits per heavy atom. The number of hydrogen-bond donors (Lipinski definition) is 2. The molecular weight excluding hydrogens is 533 g/mol. The lowest BCUT2D eigenvalue weighted by Crippen LogP contribution is -2.52. The van der Waals surface area contributed by atoms with E-state index in [0.29, 0.717) is 28.2 Å². The molecule has 10 nitrogen and oxygen atoms in total. The normalized spacial score (nSPS) is 22.8. The van der Waals surface area contributed by atoms with Crippen LogP contribution in [0.1, 0.15) is 25.7 Å². The smallest absolute Gasteiger partial charge is 0.248 e. The summed E-state index contributed by atoms with van der Waals surface area (Å²) in [5, 5.41) is 7.56. The number of anilines is 4. The molecule has 2 bridgehead atoms. The zero-order valence-corrected chi connectivity index (χ0v) is 23.0. The molecule has 7 rings (SSSR count). The van der Waals surface area contributed by atoms with Crippen LogP contribution in [0.4, 0.5) is 27.7 Å². The van der Waals surface area contributed by atoms with E-state index < -0.39 is 0 Å². The summed E-state index contributed by atoms with van der Waals surface area (Å²) in [6.45, 7) is 3.64. The Morgan fingerprint density at radius 1 is 1.00 bits per heavy atom. The van der Waals surface area contributed by atoms with Crippen molar-refractivity contribution >= 4 is 45.9 Å². The van der Waals surface area contributed by atoms with Gasteiger partial charge in [-0.1, -0.05) is 18.0 Å². The highest BCUT2D eigenvalue weighted by atomic mass is 35.5. The molecule has 12 heteroatoms. The molecule has 2 aliphatic carbocycles. The van der Waals surface area contributed by atoms with Crippen molar-refractivity contribution in [2.45, 2.75) is 31.7 Å². The van der Waals surface area contributed by atoms with E-state index in [2.05, 4.69) is 35.2 Å². The van der Waals surface area contributed by atoms with Gasteiger partial charge in [0.1, 0.15) is 11.6 Å². The van der Waals surface area contributed by atoms with E-state index in [1.165, 1.54) is 36.4 Å². The van der Waals surface area contributed by atoms with Crippen molar-refractivity contribution in [1.29, 1.82) is 0 Å². The predicted octanol–water partition coefficient (Wildman–Crippen LogP) is 4.65. The Balaban J connectivity index is 1.05. The summed E-state index contributed by atoms with van der Waals surface area (Å²) in [5.41, 5.74) is 8.44. The number of nitrogens with zero attached hydrogens (tertiary/aromatic N) is 7. The summed E-state index contributed by atoms with van der Waals surface area (Å²) < 4.78 is 21.8. The number of methoxy groups -OCH3 is 1. The number of halogens is 2. The molecule has 2 aromatic heterocycles. The van der Waals surface area contributed by atoms with Crippen LogP contribution in [-0.4, -0.2) is 69.0 Å². The molecule has 4 aromatic rings. The lowest BCUT2D eigenvalue weighted by Gasteiger charge is -2.41. The lowest BCUT2D eigenvalue weighted by molar-refractivity contribution is 0.134. The van der Waals surface area contributed by atoms with Crippen molar-refractivity contribution in [2.75, 3.05) is 49.2 Å². The molecule has 3 aliphatic rings. The van der Waals surface area contributed by atoms with E-state index >= 15 is 4.39 Å². The van der Waals surface area contributed by atoms with Gasteiger partial charge in [0, 0.05) is 44.0 Å². The number of benzene rings is 2. The number of aromatic nitrogens is 5. The molecule has 3 heterocycles. The van der Waals surface area contributed by atoms with E-state index in [9.17, 15) is 0 Å². The van der Waals surface area contributed by atoms with Crippen molar-refractivity contribution in [3.05, 3.63) is 47.4 Å². The number of nitrogen functional groups attached to an aromatic ring is 1. The topological polar surface area (TPSA) is 110 Å². The molecule has 1 saturated heterocycles. The molecule has 0 spiro atoms. The number of ether oxygens (including phenoxy) is 1. The zero-order chi connectivity index (χ0) is 27.4. The van der Waals surface area contributed by atoms with Crippen LogP contribution in [0, 0.1) is 17.7 Å². The van der Waals surface area contributed by atoms with Gasteiger partial charge >= 0.3 is 0 Å². The minimum absolute atomic E-state index is 0.0615. The Kier molecular flexibility index (Phi) is 6.35. The van der Waals surface area contributed by atoms with E-state index in [1.54, 1.807) is 25.3 Å². The molecule has 3 fully saturated rings. The standard InChI is InChI=1S/C28H31ClFN9O/c1-40-19-5-6-21-22(15-19)34-26(25(29)33-21)39-27(31)35-28(36-39)32-18-4-7-23(20(30)14-18)37-8-10-38(11-9-37)24-13-16-2-3-17(24)12-16/h4-7,14-17,24H,2-3,8-13H2,1H3,(H3,31,32,35,36)/t16-,17+,24+/m1/s1. The number of rotatable bonds is 6. The average Bonchev–Trinajstić information content (AvgIpc) is 3.69. The highest BCUT2D eigenvalue weighted by Gasteiger charge is 2.42. The van der Waals surface area contributed by atoms with Crippen molar-refractivity contribution < 1.29 is 9.13 Å². The van der Waals surface area contributed by atoms with Gasteiger partial charge in [-0.15, -0.1) is 5.10 Å². The molecule has 0 amide bonds. The first-order valence-electron chi connectivity index (χ1n) is 13.7. The van der Waals surface area contributed by atoms with Crippen molar-refractivity contribution in [3.8, 4) is 11.6 Å². The maximum absolute atomic E-state index is 15.3. The number of nitrogens with two attached hydrogens (primary N) is 1. The molecule has 2 saturated carbocycles.